The van der Waals surface area contributed by atoms with E-state index in [2.05, 4.69) is 9.47 Å². The van der Waals surface area contributed by atoms with Gasteiger partial charge in [-0.25, -0.2) is 0 Å². The zero-order valence-electron chi connectivity index (χ0n) is 8.13. The topological polar surface area (TPSA) is 109 Å². The Hall–Kier alpha value is -2.80. The van der Waals surface area contributed by atoms with E-state index in [4.69, 9.17) is 10.5 Å². The summed E-state index contributed by atoms with van der Waals surface area (Å²) in [4.78, 5) is 10.0. The van der Waals surface area contributed by atoms with Crippen molar-refractivity contribution in [3.63, 3.8) is 0 Å². The van der Waals surface area contributed by atoms with Crippen molar-refractivity contribution in [2.24, 2.45) is 0 Å². The number of ether oxygens (including phenoxy) is 2. The highest BCUT2D eigenvalue weighted by molar-refractivity contribution is 5.58. The maximum atomic E-state index is 10.8. The smallest absolute Gasteiger partial charge is 0.319 e. The number of rotatable bonds is 3. The van der Waals surface area contributed by atoms with Crippen molar-refractivity contribution < 1.29 is 14.4 Å². The Bertz CT molecular complexity index is 513. The maximum absolute atomic E-state index is 10.8. The number of hydrogen-bond donors (Lipinski definition) is 0. The molecule has 7 nitrogen and oxygen atoms in total. The fourth-order valence-corrected chi connectivity index (χ4v) is 1.17. The fraction of sp³-hybridized carbons (Fsp3) is 0.111. The van der Waals surface area contributed by atoms with Crippen LogP contribution in [0.25, 0.3) is 0 Å². The molecule has 0 heterocycles. The number of nitro groups is 1. The predicted octanol–water partition coefficient (Wildman–Crippen LogP) is 1.62. The van der Waals surface area contributed by atoms with Gasteiger partial charge in [-0.1, -0.05) is 0 Å². The van der Waals surface area contributed by atoms with Crippen molar-refractivity contribution in [1.82, 2.24) is 0 Å². The molecular weight excluding hydrogens is 214 g/mol. The average molecular weight is 219 g/mol. The molecule has 0 amide bonds. The largest absolute Gasteiger partial charge is 0.387 e. The molecule has 0 spiro atoms. The van der Waals surface area contributed by atoms with Gasteiger partial charge in [0.1, 0.15) is 0 Å². The zero-order chi connectivity index (χ0) is 12.1. The van der Waals surface area contributed by atoms with Crippen molar-refractivity contribution in [1.29, 1.82) is 10.5 Å². The maximum Gasteiger partial charge on any atom is 0.319 e. The van der Waals surface area contributed by atoms with E-state index < -0.39 is 10.6 Å². The molecule has 0 unspecified atom stereocenters. The van der Waals surface area contributed by atoms with Crippen LogP contribution in [-0.4, -0.2) is 4.92 Å². The van der Waals surface area contributed by atoms with E-state index in [1.807, 2.05) is 0 Å². The van der Waals surface area contributed by atoms with E-state index in [9.17, 15) is 10.1 Å². The van der Waals surface area contributed by atoms with Crippen LogP contribution in [-0.2, 0) is 0 Å². The molecule has 0 saturated heterocycles. The summed E-state index contributed by atoms with van der Waals surface area (Å²) in [6, 6.07) is 2.51. The number of benzene rings is 1. The minimum atomic E-state index is -0.702. The SMILES string of the molecule is Cc1c(OC#N)ccc(OC#N)c1[N+](=O)[O-]. The summed E-state index contributed by atoms with van der Waals surface area (Å²) < 4.78 is 8.96. The van der Waals surface area contributed by atoms with E-state index in [1.165, 1.54) is 31.6 Å². The van der Waals surface area contributed by atoms with Crippen molar-refractivity contribution in [3.05, 3.63) is 27.8 Å². The van der Waals surface area contributed by atoms with Gasteiger partial charge >= 0.3 is 5.69 Å². The second kappa shape index (κ2) is 4.62. The molecule has 0 aliphatic heterocycles. The van der Waals surface area contributed by atoms with Crippen LogP contribution in [0.1, 0.15) is 5.56 Å². The molecule has 16 heavy (non-hydrogen) atoms. The Morgan fingerprint density at radius 2 is 1.75 bits per heavy atom. The molecule has 0 saturated carbocycles. The van der Waals surface area contributed by atoms with Crippen LogP contribution in [0.5, 0.6) is 11.5 Å². The van der Waals surface area contributed by atoms with Gasteiger partial charge < -0.3 is 9.47 Å². The second-order valence-electron chi connectivity index (χ2n) is 2.68. The molecule has 0 bridgehead atoms. The third kappa shape index (κ3) is 1.99. The molecule has 0 radical (unpaired) electrons. The van der Waals surface area contributed by atoms with Gasteiger partial charge in [-0.3, -0.25) is 10.1 Å². The van der Waals surface area contributed by atoms with Gasteiger partial charge in [0.25, 0.3) is 12.5 Å². The number of nitrogens with zero attached hydrogens (tertiary/aromatic N) is 3. The quantitative estimate of drug-likeness (QED) is 0.434. The summed E-state index contributed by atoms with van der Waals surface area (Å²) in [5.74, 6) is -0.130. The summed E-state index contributed by atoms with van der Waals surface area (Å²) in [6.45, 7) is 1.40. The van der Waals surface area contributed by atoms with Gasteiger partial charge in [0.15, 0.2) is 5.75 Å². The van der Waals surface area contributed by atoms with E-state index in [1.54, 1.807) is 0 Å². The Kier molecular flexibility index (Phi) is 3.26. The summed E-state index contributed by atoms with van der Waals surface area (Å²) in [6.07, 6.45) is 2.76. The monoisotopic (exact) mass is 219 g/mol. The third-order valence-electron chi connectivity index (χ3n) is 1.84. The van der Waals surface area contributed by atoms with Gasteiger partial charge in [-0.05, 0) is 19.1 Å². The highest BCUT2D eigenvalue weighted by atomic mass is 16.6. The molecule has 0 aromatic heterocycles. The first kappa shape index (κ1) is 11.3. The predicted molar refractivity (Wildman–Crippen MR) is 50.3 cm³/mol. The van der Waals surface area contributed by atoms with Gasteiger partial charge in [0, 0.05) is 0 Å². The third-order valence-corrected chi connectivity index (χ3v) is 1.84. The first-order valence-corrected chi connectivity index (χ1v) is 4.01. The van der Waals surface area contributed by atoms with Gasteiger partial charge in [-0.2, -0.15) is 0 Å². The molecule has 0 aliphatic rings. The van der Waals surface area contributed by atoms with Crippen molar-refractivity contribution in [2.45, 2.75) is 6.92 Å². The second-order valence-corrected chi connectivity index (χ2v) is 2.68. The van der Waals surface area contributed by atoms with E-state index in [0.29, 0.717) is 0 Å². The lowest BCUT2D eigenvalue weighted by Gasteiger charge is -2.04. The Morgan fingerprint density at radius 1 is 1.25 bits per heavy atom. The minimum Gasteiger partial charge on any atom is -0.387 e. The first-order valence-electron chi connectivity index (χ1n) is 4.01. The summed E-state index contributed by atoms with van der Waals surface area (Å²) >= 11 is 0. The van der Waals surface area contributed by atoms with Crippen LogP contribution in [0, 0.1) is 40.1 Å². The highest BCUT2D eigenvalue weighted by Crippen LogP contribution is 2.36. The average Bonchev–Trinajstić information content (AvgIpc) is 2.22. The first-order chi connectivity index (χ1) is 7.61. The molecule has 0 fully saturated rings. The lowest BCUT2D eigenvalue weighted by molar-refractivity contribution is -0.386. The standard InChI is InChI=1S/C9H5N3O4/c1-6-7(15-4-10)2-3-8(16-5-11)9(6)12(13)14/h2-3H,1H3. The van der Waals surface area contributed by atoms with Crippen LogP contribution in [0.4, 0.5) is 5.69 Å². The highest BCUT2D eigenvalue weighted by Gasteiger charge is 2.22. The molecular formula is C9H5N3O4. The van der Waals surface area contributed by atoms with Crippen LogP contribution >= 0.6 is 0 Å². The number of nitriles is 2. The minimum absolute atomic E-state index is 0.0551. The Morgan fingerprint density at radius 3 is 2.25 bits per heavy atom. The van der Waals surface area contributed by atoms with Crippen molar-refractivity contribution >= 4 is 5.69 Å². The van der Waals surface area contributed by atoms with Crippen LogP contribution in [0.2, 0.25) is 0 Å². The molecule has 1 aromatic rings. The number of hydrogen-bond acceptors (Lipinski definition) is 6. The van der Waals surface area contributed by atoms with Crippen molar-refractivity contribution in [3.8, 4) is 24.0 Å². The molecule has 7 heteroatoms. The van der Waals surface area contributed by atoms with Crippen LogP contribution < -0.4 is 9.47 Å². The van der Waals surface area contributed by atoms with E-state index in [0.717, 1.165) is 0 Å². The molecule has 0 atom stereocenters. The lowest BCUT2D eigenvalue weighted by atomic mass is 10.1. The summed E-state index contributed by atoms with van der Waals surface area (Å²) in [5.41, 5.74) is -0.270. The normalized spacial score (nSPS) is 8.69. The Balaban J connectivity index is 3.38. The molecule has 0 N–H and O–H groups in total. The summed E-state index contributed by atoms with van der Waals surface area (Å²) in [7, 11) is 0. The lowest BCUT2D eigenvalue weighted by Crippen LogP contribution is -1.98. The molecule has 0 aliphatic carbocycles. The molecule has 1 rings (SSSR count). The van der Waals surface area contributed by atoms with Gasteiger partial charge in [0.05, 0.1) is 10.5 Å². The van der Waals surface area contributed by atoms with Crippen LogP contribution in [0.15, 0.2) is 12.1 Å². The number of nitro benzene ring substituents is 1. The fourth-order valence-electron chi connectivity index (χ4n) is 1.17. The zero-order valence-corrected chi connectivity index (χ0v) is 8.13. The molecule has 1 aromatic carbocycles. The van der Waals surface area contributed by atoms with E-state index in [-0.39, 0.29) is 17.1 Å². The van der Waals surface area contributed by atoms with Gasteiger partial charge in [-0.15, -0.1) is 10.5 Å². The summed E-state index contributed by atoms with van der Waals surface area (Å²) in [5, 5.41) is 27.4. The van der Waals surface area contributed by atoms with E-state index >= 15 is 0 Å². The van der Waals surface area contributed by atoms with Gasteiger partial charge in [0.2, 0.25) is 5.75 Å². The van der Waals surface area contributed by atoms with Crippen LogP contribution in [0.3, 0.4) is 0 Å². The van der Waals surface area contributed by atoms with Crippen molar-refractivity contribution in [2.75, 3.05) is 0 Å². The Labute approximate surface area is 90.2 Å². The molecule has 80 valence electrons.